The minimum atomic E-state index is -0.0192. The molecule has 0 radical (unpaired) electrons. The third-order valence-electron chi connectivity index (χ3n) is 2.44. The Labute approximate surface area is 101 Å². The Kier molecular flexibility index (Phi) is 3.94. The van der Waals surface area contributed by atoms with E-state index in [-0.39, 0.29) is 12.5 Å². The summed E-state index contributed by atoms with van der Waals surface area (Å²) in [5, 5.41) is 8.82. The predicted molar refractivity (Wildman–Crippen MR) is 67.5 cm³/mol. The van der Waals surface area contributed by atoms with Crippen LogP contribution in [-0.2, 0) is 4.79 Å². The smallest absolute Gasteiger partial charge is 0.241 e. The van der Waals surface area contributed by atoms with Crippen LogP contribution in [0.1, 0.15) is 5.56 Å². The normalized spacial score (nSPS) is 9.53. The summed E-state index contributed by atoms with van der Waals surface area (Å²) in [7, 11) is 5.17. The van der Waals surface area contributed by atoms with Crippen molar-refractivity contribution in [3.63, 3.8) is 0 Å². The fourth-order valence-electron chi connectivity index (χ4n) is 1.37. The van der Waals surface area contributed by atoms with Gasteiger partial charge < -0.3 is 15.5 Å². The van der Waals surface area contributed by atoms with E-state index in [1.54, 1.807) is 44.2 Å². The SMILES string of the molecule is CN(C)C(=O)CN(C)c1cc(C#N)ccc1N. The van der Waals surface area contributed by atoms with Crippen LogP contribution in [0.3, 0.4) is 0 Å². The maximum absolute atomic E-state index is 11.6. The zero-order chi connectivity index (χ0) is 13.0. The van der Waals surface area contributed by atoms with E-state index in [0.29, 0.717) is 16.9 Å². The Bertz CT molecular complexity index is 462. The summed E-state index contributed by atoms with van der Waals surface area (Å²) < 4.78 is 0. The van der Waals surface area contributed by atoms with Gasteiger partial charge in [-0.2, -0.15) is 5.26 Å². The number of hydrogen-bond donors (Lipinski definition) is 1. The number of rotatable bonds is 3. The number of carbonyl (C=O) groups excluding carboxylic acids is 1. The molecule has 5 nitrogen and oxygen atoms in total. The largest absolute Gasteiger partial charge is 0.397 e. The summed E-state index contributed by atoms with van der Waals surface area (Å²) in [4.78, 5) is 14.8. The first-order chi connectivity index (χ1) is 7.95. The number of hydrogen-bond acceptors (Lipinski definition) is 4. The second-order valence-electron chi connectivity index (χ2n) is 4.03. The standard InChI is InChI=1S/C12H16N4O/c1-15(2)12(17)8-16(3)11-6-9(7-13)4-5-10(11)14/h4-6H,8,14H2,1-3H3. The van der Waals surface area contributed by atoms with Gasteiger partial charge in [-0.3, -0.25) is 4.79 Å². The van der Waals surface area contributed by atoms with E-state index in [2.05, 4.69) is 0 Å². The lowest BCUT2D eigenvalue weighted by atomic mass is 10.1. The van der Waals surface area contributed by atoms with Crippen LogP contribution in [0, 0.1) is 11.3 Å². The van der Waals surface area contributed by atoms with Crippen molar-refractivity contribution in [1.29, 1.82) is 5.26 Å². The summed E-state index contributed by atoms with van der Waals surface area (Å²) in [5.74, 6) is -0.0192. The van der Waals surface area contributed by atoms with Gasteiger partial charge in [0.1, 0.15) is 0 Å². The Hall–Kier alpha value is -2.22. The van der Waals surface area contributed by atoms with E-state index in [9.17, 15) is 4.79 Å². The lowest BCUT2D eigenvalue weighted by molar-refractivity contribution is -0.127. The number of nitriles is 1. The van der Waals surface area contributed by atoms with Crippen molar-refractivity contribution in [1.82, 2.24) is 4.90 Å². The molecule has 0 aliphatic rings. The third kappa shape index (κ3) is 3.11. The van der Waals surface area contributed by atoms with Crippen molar-refractivity contribution in [3.8, 4) is 6.07 Å². The van der Waals surface area contributed by atoms with Crippen LogP contribution >= 0.6 is 0 Å². The van der Waals surface area contributed by atoms with E-state index in [1.165, 1.54) is 4.90 Å². The van der Waals surface area contributed by atoms with Gasteiger partial charge in [-0.25, -0.2) is 0 Å². The zero-order valence-electron chi connectivity index (χ0n) is 10.3. The molecule has 0 unspecified atom stereocenters. The average Bonchev–Trinajstić information content (AvgIpc) is 2.29. The van der Waals surface area contributed by atoms with Crippen molar-refractivity contribution in [2.75, 3.05) is 38.3 Å². The molecule has 5 heteroatoms. The molecule has 0 spiro atoms. The molecule has 90 valence electrons. The molecule has 1 aromatic rings. The van der Waals surface area contributed by atoms with Crippen molar-refractivity contribution in [2.24, 2.45) is 0 Å². The van der Waals surface area contributed by atoms with Crippen molar-refractivity contribution < 1.29 is 4.79 Å². The van der Waals surface area contributed by atoms with Gasteiger partial charge in [0.2, 0.25) is 5.91 Å². The van der Waals surface area contributed by atoms with Gasteiger partial charge in [0, 0.05) is 21.1 Å². The molecule has 0 atom stereocenters. The molecule has 1 rings (SSSR count). The highest BCUT2D eigenvalue weighted by Crippen LogP contribution is 2.23. The first-order valence-electron chi connectivity index (χ1n) is 5.16. The van der Waals surface area contributed by atoms with Crippen LogP contribution in [0.5, 0.6) is 0 Å². The molecule has 0 saturated carbocycles. The summed E-state index contributed by atoms with van der Waals surface area (Å²) >= 11 is 0. The quantitative estimate of drug-likeness (QED) is 0.777. The van der Waals surface area contributed by atoms with E-state index in [4.69, 9.17) is 11.0 Å². The highest BCUT2D eigenvalue weighted by molar-refractivity contribution is 5.82. The first-order valence-corrected chi connectivity index (χ1v) is 5.16. The van der Waals surface area contributed by atoms with Crippen LogP contribution in [0.15, 0.2) is 18.2 Å². The summed E-state index contributed by atoms with van der Waals surface area (Å²) in [6.45, 7) is 0.228. The number of nitrogen functional groups attached to an aromatic ring is 1. The van der Waals surface area contributed by atoms with Gasteiger partial charge >= 0.3 is 0 Å². The zero-order valence-corrected chi connectivity index (χ0v) is 10.3. The van der Waals surface area contributed by atoms with Crippen LogP contribution in [-0.4, -0.2) is 38.5 Å². The lowest BCUT2D eigenvalue weighted by Crippen LogP contribution is -2.34. The number of nitrogens with zero attached hydrogens (tertiary/aromatic N) is 3. The van der Waals surface area contributed by atoms with Gasteiger partial charge in [0.15, 0.2) is 0 Å². The van der Waals surface area contributed by atoms with Gasteiger partial charge in [-0.15, -0.1) is 0 Å². The van der Waals surface area contributed by atoms with Crippen LogP contribution in [0.25, 0.3) is 0 Å². The first kappa shape index (κ1) is 12.8. The van der Waals surface area contributed by atoms with Gasteiger partial charge in [0.05, 0.1) is 29.6 Å². The number of likely N-dealkylation sites (N-methyl/N-ethyl adjacent to an activating group) is 2. The number of benzene rings is 1. The highest BCUT2D eigenvalue weighted by atomic mass is 16.2. The van der Waals surface area contributed by atoms with Crippen molar-refractivity contribution in [3.05, 3.63) is 23.8 Å². The predicted octanol–water partition coefficient (Wildman–Crippen LogP) is 0.665. The van der Waals surface area contributed by atoms with Crippen molar-refractivity contribution in [2.45, 2.75) is 0 Å². The second-order valence-corrected chi connectivity index (χ2v) is 4.03. The molecule has 17 heavy (non-hydrogen) atoms. The molecule has 2 N–H and O–H groups in total. The Morgan fingerprint density at radius 1 is 1.41 bits per heavy atom. The van der Waals surface area contributed by atoms with Gasteiger partial charge in [-0.05, 0) is 18.2 Å². The number of amides is 1. The molecule has 1 amide bonds. The Balaban J connectivity index is 2.92. The molecule has 0 saturated heterocycles. The van der Waals surface area contributed by atoms with Crippen LogP contribution in [0.4, 0.5) is 11.4 Å². The van der Waals surface area contributed by atoms with E-state index in [0.717, 1.165) is 0 Å². The molecule has 0 bridgehead atoms. The number of anilines is 2. The topological polar surface area (TPSA) is 73.4 Å². The van der Waals surface area contributed by atoms with Crippen molar-refractivity contribution >= 4 is 17.3 Å². The maximum atomic E-state index is 11.6. The fraction of sp³-hybridized carbons (Fsp3) is 0.333. The second kappa shape index (κ2) is 5.21. The molecule has 1 aromatic carbocycles. The van der Waals surface area contributed by atoms with E-state index >= 15 is 0 Å². The Morgan fingerprint density at radius 3 is 2.59 bits per heavy atom. The highest BCUT2D eigenvalue weighted by Gasteiger charge is 2.11. The average molecular weight is 232 g/mol. The van der Waals surface area contributed by atoms with E-state index < -0.39 is 0 Å². The summed E-state index contributed by atoms with van der Waals surface area (Å²) in [6.07, 6.45) is 0. The molecule has 0 aromatic heterocycles. The third-order valence-corrected chi connectivity index (χ3v) is 2.44. The summed E-state index contributed by atoms with van der Waals surface area (Å²) in [5.41, 5.74) is 7.59. The molecule has 0 heterocycles. The molecular weight excluding hydrogens is 216 g/mol. The monoisotopic (exact) mass is 232 g/mol. The van der Waals surface area contributed by atoms with Crippen LogP contribution in [0.2, 0.25) is 0 Å². The Morgan fingerprint density at radius 2 is 2.06 bits per heavy atom. The molecule has 0 aliphatic heterocycles. The number of nitrogens with two attached hydrogens (primary N) is 1. The van der Waals surface area contributed by atoms with Gasteiger partial charge in [0.25, 0.3) is 0 Å². The fourth-order valence-corrected chi connectivity index (χ4v) is 1.37. The minimum absolute atomic E-state index is 0.0192. The minimum Gasteiger partial charge on any atom is -0.397 e. The maximum Gasteiger partial charge on any atom is 0.241 e. The van der Waals surface area contributed by atoms with Crippen LogP contribution < -0.4 is 10.6 Å². The molecule has 0 aliphatic carbocycles. The number of carbonyl (C=O) groups is 1. The van der Waals surface area contributed by atoms with Gasteiger partial charge in [-0.1, -0.05) is 0 Å². The van der Waals surface area contributed by atoms with E-state index in [1.807, 2.05) is 6.07 Å². The molecule has 0 fully saturated rings. The molecular formula is C12H16N4O. The summed E-state index contributed by atoms with van der Waals surface area (Å²) in [6, 6.07) is 7.05. The lowest BCUT2D eigenvalue weighted by Gasteiger charge is -2.22.